The molecule has 0 saturated carbocycles. The van der Waals surface area contributed by atoms with Gasteiger partial charge in [0.25, 0.3) is 0 Å². The zero-order valence-electron chi connectivity index (χ0n) is 5.75. The van der Waals surface area contributed by atoms with Crippen molar-refractivity contribution in [1.29, 1.82) is 0 Å². The summed E-state index contributed by atoms with van der Waals surface area (Å²) in [6, 6.07) is 0. The Morgan fingerprint density at radius 2 is 1.25 bits per heavy atom. The van der Waals surface area contributed by atoms with Crippen LogP contribution < -0.4 is 56.5 Å². The maximum absolute atomic E-state index is 10.6. The number of carboxylic acids is 1. The number of aliphatic carboxylic acids is 1. The monoisotopic (exact) mass is 214 g/mol. The number of hydrogen-bond acceptors (Lipinski definition) is 3. The molecule has 0 aliphatic carbocycles. The van der Waals surface area contributed by atoms with E-state index in [1.54, 1.807) is 0 Å². The third-order valence-corrected chi connectivity index (χ3v) is 0.243. The predicted molar refractivity (Wildman–Crippen MR) is 21.7 cm³/mol. The molecule has 0 fully saturated rings. The van der Waals surface area contributed by atoms with Gasteiger partial charge in [0.2, 0.25) is 6.16 Å². The van der Waals surface area contributed by atoms with Gasteiger partial charge in [-0.15, -0.1) is 0 Å². The minimum Gasteiger partial charge on any atom is -0.565 e. The van der Waals surface area contributed by atoms with E-state index >= 15 is 0 Å². The average Bonchev–Trinajstić information content (AvgIpc) is 1.59. The molecule has 0 radical (unpaired) electrons. The molecule has 0 amide bonds. The zero-order chi connectivity index (χ0) is 9.65. The molecule has 0 aromatic heterocycles. The van der Waals surface area contributed by atoms with Crippen LogP contribution in [0.15, 0.2) is 0 Å². The van der Waals surface area contributed by atoms with Crippen LogP contribution in [0.5, 0.6) is 0 Å². The van der Waals surface area contributed by atoms with Crippen molar-refractivity contribution in [2.45, 2.75) is 6.18 Å². The van der Waals surface area contributed by atoms with Gasteiger partial charge in [-0.25, -0.2) is 4.79 Å². The molecule has 0 unspecified atom stereocenters. The molecule has 0 rings (SSSR count). The van der Waals surface area contributed by atoms with Crippen molar-refractivity contribution < 1.29 is 89.5 Å². The van der Waals surface area contributed by atoms with Crippen molar-refractivity contribution in [3.05, 3.63) is 0 Å². The maximum atomic E-state index is 10.6. The van der Waals surface area contributed by atoms with Gasteiger partial charge in [0.05, 0.1) is 0 Å². The van der Waals surface area contributed by atoms with Gasteiger partial charge < -0.3 is 20.1 Å². The van der Waals surface area contributed by atoms with E-state index < -0.39 is 18.3 Å². The van der Waals surface area contributed by atoms with Gasteiger partial charge >= 0.3 is 63.5 Å². The van der Waals surface area contributed by atoms with Crippen molar-refractivity contribution in [2.75, 3.05) is 0 Å². The summed E-state index contributed by atoms with van der Waals surface area (Å²) in [5.41, 5.74) is 0. The van der Waals surface area contributed by atoms with E-state index in [9.17, 15) is 13.2 Å². The molecule has 0 spiro atoms. The predicted octanol–water partition coefficient (Wildman–Crippen LogP) is -3.47. The fraction of sp³-hybridized carbons (Fsp3) is 0.333. The molecule has 5 nitrogen and oxygen atoms in total. The summed E-state index contributed by atoms with van der Waals surface area (Å²) >= 11 is 0. The van der Waals surface area contributed by atoms with Crippen molar-refractivity contribution in [2.24, 2.45) is 0 Å². The van der Waals surface area contributed by atoms with Crippen LogP contribution in [0.4, 0.5) is 18.0 Å². The van der Waals surface area contributed by atoms with Crippen LogP contribution in [-0.2, 0) is 4.79 Å². The fourth-order valence-corrected chi connectivity index (χ4v) is 0. The molecule has 0 aromatic carbocycles. The molecule has 66 valence electrons. The minimum absolute atomic E-state index is 0. The minimum atomic E-state index is -5.08. The second-order valence-electron chi connectivity index (χ2n) is 1.07. The molecular weight excluding hydrogens is 212 g/mol. The Balaban J connectivity index is -0.000000142. The zero-order valence-corrected chi connectivity index (χ0v) is 8.88. The van der Waals surface area contributed by atoms with Crippen molar-refractivity contribution in [1.82, 2.24) is 0 Å². The van der Waals surface area contributed by atoms with Crippen LogP contribution in [0.25, 0.3) is 0 Å². The van der Waals surface area contributed by atoms with Crippen LogP contribution in [-0.4, -0.2) is 28.5 Å². The molecular formula is C3H2F3KO5. The molecule has 0 saturated heterocycles. The topological polar surface area (TPSA) is 97.7 Å². The summed E-state index contributed by atoms with van der Waals surface area (Å²) in [5, 5.41) is 22.4. The Morgan fingerprint density at radius 1 is 1.17 bits per heavy atom. The molecule has 0 aliphatic rings. The Morgan fingerprint density at radius 3 is 1.25 bits per heavy atom. The third-order valence-electron chi connectivity index (χ3n) is 0.243. The van der Waals surface area contributed by atoms with Gasteiger partial charge in [0, 0.05) is 0 Å². The largest absolute Gasteiger partial charge is 1.00 e. The SMILES string of the molecule is O=C(O)C(F)(F)F.O=C([O-])O.[K+]. The number of alkyl halides is 3. The summed E-state index contributed by atoms with van der Waals surface area (Å²) < 4.78 is 31.7. The van der Waals surface area contributed by atoms with Gasteiger partial charge in [-0.3, -0.25) is 0 Å². The Hall–Kier alpha value is 0.166. The number of carbonyl (C=O) groups is 2. The summed E-state index contributed by atoms with van der Waals surface area (Å²) in [7, 11) is 0. The van der Waals surface area contributed by atoms with E-state index in [-0.39, 0.29) is 51.4 Å². The molecule has 0 bridgehead atoms. The van der Waals surface area contributed by atoms with Gasteiger partial charge in [-0.1, -0.05) is 0 Å². The second kappa shape index (κ2) is 7.80. The van der Waals surface area contributed by atoms with Gasteiger partial charge in [0.15, 0.2) is 0 Å². The van der Waals surface area contributed by atoms with E-state index in [0.29, 0.717) is 0 Å². The molecule has 0 atom stereocenters. The van der Waals surface area contributed by atoms with Crippen LogP contribution in [0, 0.1) is 0 Å². The van der Waals surface area contributed by atoms with Crippen LogP contribution in [0.3, 0.4) is 0 Å². The maximum Gasteiger partial charge on any atom is 1.00 e. The second-order valence-corrected chi connectivity index (χ2v) is 1.07. The number of rotatable bonds is 0. The number of halogens is 3. The quantitative estimate of drug-likeness (QED) is 0.408. The average molecular weight is 214 g/mol. The molecule has 0 heterocycles. The van der Waals surface area contributed by atoms with Crippen LogP contribution >= 0.6 is 0 Å². The first-order chi connectivity index (χ1) is 4.68. The summed E-state index contributed by atoms with van der Waals surface area (Å²) in [6.07, 6.45) is -7.17. The molecule has 12 heavy (non-hydrogen) atoms. The summed E-state index contributed by atoms with van der Waals surface area (Å²) in [5.74, 6) is -2.76. The van der Waals surface area contributed by atoms with Crippen LogP contribution in [0.1, 0.15) is 0 Å². The fourth-order valence-electron chi connectivity index (χ4n) is 0. The van der Waals surface area contributed by atoms with Crippen molar-refractivity contribution in [3.8, 4) is 0 Å². The van der Waals surface area contributed by atoms with E-state index in [1.807, 2.05) is 0 Å². The smallest absolute Gasteiger partial charge is 0.565 e. The van der Waals surface area contributed by atoms with E-state index in [0.717, 1.165) is 0 Å². The third kappa shape index (κ3) is 22.5. The van der Waals surface area contributed by atoms with Crippen molar-refractivity contribution >= 4 is 12.1 Å². The Bertz CT molecular complexity index is 151. The molecule has 2 N–H and O–H groups in total. The van der Waals surface area contributed by atoms with Crippen LogP contribution in [0.2, 0.25) is 0 Å². The molecule has 0 aromatic rings. The van der Waals surface area contributed by atoms with E-state index in [1.165, 1.54) is 0 Å². The first-order valence-electron chi connectivity index (χ1n) is 1.88. The Kier molecular flexibility index (Phi) is 11.7. The van der Waals surface area contributed by atoms with Gasteiger partial charge in [-0.2, -0.15) is 13.2 Å². The summed E-state index contributed by atoms with van der Waals surface area (Å²) in [6.45, 7) is 0. The Labute approximate surface area is 107 Å². The number of hydrogen-bond donors (Lipinski definition) is 2. The van der Waals surface area contributed by atoms with Gasteiger partial charge in [0.1, 0.15) is 0 Å². The van der Waals surface area contributed by atoms with E-state index in [4.69, 9.17) is 24.9 Å². The normalized spacial score (nSPS) is 8.58. The van der Waals surface area contributed by atoms with E-state index in [2.05, 4.69) is 0 Å². The first-order valence-corrected chi connectivity index (χ1v) is 1.88. The van der Waals surface area contributed by atoms with Gasteiger partial charge in [-0.05, 0) is 0 Å². The summed E-state index contributed by atoms with van der Waals surface area (Å²) in [4.78, 5) is 17.3. The molecule has 9 heteroatoms. The number of carboxylic acid groups (broad SMARTS) is 3. The standard InChI is InChI=1S/C2HF3O2.CH2O3.K/c3-2(4,5)1(6)7;2-1(3)4;/h(H,6,7);(H2,2,3,4);/q;;+1/p-1. The molecule has 0 aliphatic heterocycles. The first kappa shape index (κ1) is 18.1. The van der Waals surface area contributed by atoms with Crippen molar-refractivity contribution in [3.63, 3.8) is 0 Å².